The van der Waals surface area contributed by atoms with Crippen LogP contribution in [0.2, 0.25) is 0 Å². The van der Waals surface area contributed by atoms with Gasteiger partial charge in [-0.25, -0.2) is 0 Å². The van der Waals surface area contributed by atoms with Crippen LogP contribution in [0.25, 0.3) is 6.08 Å². The molecule has 0 aliphatic heterocycles. The summed E-state index contributed by atoms with van der Waals surface area (Å²) in [5.41, 5.74) is 5.20. The smallest absolute Gasteiger partial charge is 0.305 e. The first-order valence-corrected chi connectivity index (χ1v) is 6.67. The lowest BCUT2D eigenvalue weighted by Crippen LogP contribution is -2.40. The predicted molar refractivity (Wildman–Crippen MR) is 82.9 cm³/mol. The molecule has 0 aliphatic carbocycles. The van der Waals surface area contributed by atoms with E-state index in [4.69, 9.17) is 13.9 Å². The molecule has 0 radical (unpaired) electrons. The van der Waals surface area contributed by atoms with Crippen LogP contribution in [0.5, 0.6) is 11.5 Å². The lowest BCUT2D eigenvalue weighted by atomic mass is 10.2. The molecule has 0 aliphatic rings. The van der Waals surface area contributed by atoms with E-state index < -0.39 is 11.8 Å². The van der Waals surface area contributed by atoms with Gasteiger partial charge in [-0.15, -0.1) is 0 Å². The Labute approximate surface area is 132 Å². The Hall–Kier alpha value is -3.22. The van der Waals surface area contributed by atoms with Crippen molar-refractivity contribution >= 4 is 17.9 Å². The number of carbonyl (C=O) groups excluding carboxylic acids is 2. The van der Waals surface area contributed by atoms with Gasteiger partial charge in [0.25, 0.3) is 5.91 Å². The molecule has 0 spiro atoms. The third-order valence-corrected chi connectivity index (χ3v) is 2.85. The maximum Gasteiger partial charge on any atom is 0.305 e. The van der Waals surface area contributed by atoms with Gasteiger partial charge in [-0.1, -0.05) is 0 Å². The summed E-state index contributed by atoms with van der Waals surface area (Å²) in [4.78, 5) is 23.3. The highest BCUT2D eigenvalue weighted by molar-refractivity contribution is 5.96. The fraction of sp³-hybridized carbons (Fsp3) is 0.125. The summed E-state index contributed by atoms with van der Waals surface area (Å²) < 4.78 is 15.2. The van der Waals surface area contributed by atoms with Crippen LogP contribution in [0.3, 0.4) is 0 Å². The highest BCUT2D eigenvalue weighted by Crippen LogP contribution is 2.23. The quantitative estimate of drug-likeness (QED) is 0.648. The first kappa shape index (κ1) is 16.2. The Morgan fingerprint density at radius 1 is 1.09 bits per heavy atom. The van der Waals surface area contributed by atoms with Gasteiger partial charge in [-0.2, -0.15) is 0 Å². The van der Waals surface area contributed by atoms with Crippen LogP contribution < -0.4 is 20.3 Å². The van der Waals surface area contributed by atoms with Crippen molar-refractivity contribution in [2.45, 2.75) is 0 Å². The third kappa shape index (κ3) is 4.63. The average Bonchev–Trinajstić information content (AvgIpc) is 3.12. The molecule has 1 aromatic carbocycles. The molecule has 0 atom stereocenters. The van der Waals surface area contributed by atoms with Crippen LogP contribution in [0, 0.1) is 0 Å². The Balaban J connectivity index is 1.94. The van der Waals surface area contributed by atoms with E-state index in [9.17, 15) is 9.59 Å². The summed E-state index contributed by atoms with van der Waals surface area (Å²) in [7, 11) is 3.08. The van der Waals surface area contributed by atoms with Gasteiger partial charge in [0.15, 0.2) is 5.76 Å². The molecule has 0 unspecified atom stereocenters. The fourth-order valence-corrected chi connectivity index (χ4v) is 1.73. The number of benzene rings is 1. The summed E-state index contributed by atoms with van der Waals surface area (Å²) in [5.74, 6) is 0.282. The molecule has 0 saturated heterocycles. The Morgan fingerprint density at radius 3 is 2.35 bits per heavy atom. The lowest BCUT2D eigenvalue weighted by Gasteiger charge is -2.06. The molecule has 23 heavy (non-hydrogen) atoms. The summed E-state index contributed by atoms with van der Waals surface area (Å²) in [6, 6.07) is 8.27. The van der Waals surface area contributed by atoms with E-state index in [-0.39, 0.29) is 5.76 Å². The van der Waals surface area contributed by atoms with Crippen molar-refractivity contribution in [2.24, 2.45) is 0 Å². The number of methoxy groups -OCH3 is 2. The number of nitrogens with one attached hydrogen (secondary N) is 2. The molecular formula is C16H16N2O5. The molecule has 7 nitrogen and oxygen atoms in total. The summed E-state index contributed by atoms with van der Waals surface area (Å²) in [6.07, 6.45) is 4.21. The average molecular weight is 316 g/mol. The first-order valence-electron chi connectivity index (χ1n) is 6.67. The van der Waals surface area contributed by atoms with Gasteiger partial charge < -0.3 is 13.9 Å². The van der Waals surface area contributed by atoms with Gasteiger partial charge >= 0.3 is 5.91 Å². The number of hydrogen-bond acceptors (Lipinski definition) is 5. The van der Waals surface area contributed by atoms with Gasteiger partial charge in [-0.3, -0.25) is 20.4 Å². The number of hydrazine groups is 1. The van der Waals surface area contributed by atoms with Crippen molar-refractivity contribution in [1.82, 2.24) is 10.9 Å². The van der Waals surface area contributed by atoms with Crippen molar-refractivity contribution in [3.8, 4) is 11.5 Å². The van der Waals surface area contributed by atoms with Crippen LogP contribution in [0.1, 0.15) is 16.1 Å². The summed E-state index contributed by atoms with van der Waals surface area (Å²) in [6.45, 7) is 0. The molecule has 1 aromatic heterocycles. The Bertz CT molecular complexity index is 685. The van der Waals surface area contributed by atoms with Crippen molar-refractivity contribution in [1.29, 1.82) is 0 Å². The van der Waals surface area contributed by atoms with E-state index in [1.54, 1.807) is 44.6 Å². The lowest BCUT2D eigenvalue weighted by molar-refractivity contribution is -0.117. The number of ether oxygens (including phenoxy) is 2. The van der Waals surface area contributed by atoms with E-state index in [0.717, 1.165) is 0 Å². The van der Waals surface area contributed by atoms with Gasteiger partial charge in [0.05, 0.1) is 20.5 Å². The predicted octanol–water partition coefficient (Wildman–Crippen LogP) is 1.77. The van der Waals surface area contributed by atoms with Gasteiger partial charge in [0, 0.05) is 12.1 Å². The molecular weight excluding hydrogens is 300 g/mol. The van der Waals surface area contributed by atoms with Crippen LogP contribution in [0.4, 0.5) is 0 Å². The topological polar surface area (TPSA) is 89.8 Å². The van der Waals surface area contributed by atoms with E-state index >= 15 is 0 Å². The number of amides is 2. The molecule has 7 heteroatoms. The van der Waals surface area contributed by atoms with E-state index in [2.05, 4.69) is 10.9 Å². The molecule has 2 aromatic rings. The van der Waals surface area contributed by atoms with Crippen molar-refractivity contribution in [3.63, 3.8) is 0 Å². The zero-order chi connectivity index (χ0) is 16.7. The van der Waals surface area contributed by atoms with Gasteiger partial charge in [0.2, 0.25) is 0 Å². The molecule has 0 saturated carbocycles. The molecule has 1 heterocycles. The summed E-state index contributed by atoms with van der Waals surface area (Å²) in [5, 5.41) is 0. The standard InChI is InChI=1S/C16H16N2O5/c1-21-12-8-11(9-13(10-12)22-2)5-6-15(19)17-18-16(20)14-4-3-7-23-14/h3-10H,1-2H3,(H,17,19)(H,18,20)/b6-5+. The SMILES string of the molecule is COc1cc(/C=C/C(=O)NNC(=O)c2ccco2)cc(OC)c1. The zero-order valence-corrected chi connectivity index (χ0v) is 12.7. The minimum Gasteiger partial charge on any atom is -0.497 e. The molecule has 0 fully saturated rings. The summed E-state index contributed by atoms with van der Waals surface area (Å²) >= 11 is 0. The van der Waals surface area contributed by atoms with Gasteiger partial charge in [0.1, 0.15) is 11.5 Å². The maximum atomic E-state index is 11.7. The number of rotatable bonds is 5. The normalized spacial score (nSPS) is 10.3. The van der Waals surface area contributed by atoms with Crippen LogP contribution in [-0.4, -0.2) is 26.0 Å². The number of carbonyl (C=O) groups is 2. The van der Waals surface area contributed by atoms with Crippen molar-refractivity contribution < 1.29 is 23.5 Å². The monoisotopic (exact) mass is 316 g/mol. The van der Waals surface area contributed by atoms with Gasteiger partial charge in [-0.05, 0) is 35.9 Å². The molecule has 2 N–H and O–H groups in total. The van der Waals surface area contributed by atoms with Crippen LogP contribution in [0.15, 0.2) is 47.1 Å². The van der Waals surface area contributed by atoms with Crippen LogP contribution in [-0.2, 0) is 4.79 Å². The highest BCUT2D eigenvalue weighted by Gasteiger charge is 2.08. The molecule has 2 amide bonds. The number of furan rings is 1. The van der Waals surface area contributed by atoms with E-state index in [1.165, 1.54) is 18.4 Å². The maximum absolute atomic E-state index is 11.7. The number of hydrogen-bond donors (Lipinski definition) is 2. The van der Waals surface area contributed by atoms with Crippen molar-refractivity contribution in [2.75, 3.05) is 14.2 Å². The molecule has 0 bridgehead atoms. The minimum atomic E-state index is -0.542. The second-order valence-electron chi connectivity index (χ2n) is 4.40. The zero-order valence-electron chi connectivity index (χ0n) is 12.7. The van der Waals surface area contributed by atoms with Crippen LogP contribution >= 0.6 is 0 Å². The largest absolute Gasteiger partial charge is 0.497 e. The van der Waals surface area contributed by atoms with E-state index in [0.29, 0.717) is 17.1 Å². The second-order valence-corrected chi connectivity index (χ2v) is 4.40. The Kier molecular flexibility index (Phi) is 5.40. The first-order chi connectivity index (χ1) is 11.1. The molecule has 120 valence electrons. The third-order valence-electron chi connectivity index (χ3n) is 2.85. The fourth-order valence-electron chi connectivity index (χ4n) is 1.73. The second kappa shape index (κ2) is 7.69. The molecule has 2 rings (SSSR count). The van der Waals surface area contributed by atoms with Crippen molar-refractivity contribution in [3.05, 3.63) is 54.0 Å². The minimum absolute atomic E-state index is 0.104. The Morgan fingerprint density at radius 2 is 1.78 bits per heavy atom. The van der Waals surface area contributed by atoms with E-state index in [1.807, 2.05) is 0 Å². The highest BCUT2D eigenvalue weighted by atomic mass is 16.5.